The fraction of sp³-hybridized carbons (Fsp3) is 0.174. The van der Waals surface area contributed by atoms with Gasteiger partial charge in [-0.15, -0.1) is 0 Å². The van der Waals surface area contributed by atoms with Crippen LogP contribution in [0.3, 0.4) is 0 Å². The molecule has 0 bridgehead atoms. The van der Waals surface area contributed by atoms with Crippen molar-refractivity contribution in [3.63, 3.8) is 0 Å². The Labute approximate surface area is 183 Å². The topological polar surface area (TPSA) is 64.0 Å². The van der Waals surface area contributed by atoms with Crippen molar-refractivity contribution in [2.24, 2.45) is 5.16 Å². The fourth-order valence-electron chi connectivity index (χ4n) is 3.39. The third-order valence-electron chi connectivity index (χ3n) is 4.88. The van der Waals surface area contributed by atoms with Crippen molar-refractivity contribution in [3.8, 4) is 5.75 Å². The third-order valence-corrected chi connectivity index (χ3v) is 5.12. The van der Waals surface area contributed by atoms with Gasteiger partial charge in [-0.1, -0.05) is 28.9 Å². The number of amidine groups is 1. The molecule has 0 radical (unpaired) electrons. The predicted molar refractivity (Wildman–Crippen MR) is 114 cm³/mol. The van der Waals surface area contributed by atoms with Crippen LogP contribution in [0.1, 0.15) is 16.7 Å². The average Bonchev–Trinajstić information content (AvgIpc) is 2.77. The molecular formula is C23H19ClFN3O3. The van der Waals surface area contributed by atoms with Crippen molar-refractivity contribution in [1.29, 1.82) is 0 Å². The maximum absolute atomic E-state index is 13.6. The highest BCUT2D eigenvalue weighted by molar-refractivity contribution is 6.30. The number of benzene rings is 2. The number of rotatable bonds is 6. The number of methoxy groups -OCH3 is 1. The van der Waals surface area contributed by atoms with Crippen molar-refractivity contribution >= 4 is 23.3 Å². The molecule has 2 heterocycles. The highest BCUT2D eigenvalue weighted by Crippen LogP contribution is 2.27. The zero-order chi connectivity index (χ0) is 21.8. The number of aromatic nitrogens is 1. The predicted octanol–water partition coefficient (Wildman–Crippen LogP) is 4.21. The summed E-state index contributed by atoms with van der Waals surface area (Å²) in [5, 5.41) is 4.76. The van der Waals surface area contributed by atoms with Gasteiger partial charge in [-0.05, 0) is 48.0 Å². The van der Waals surface area contributed by atoms with E-state index in [1.54, 1.807) is 62.0 Å². The molecule has 1 unspecified atom stereocenters. The maximum Gasteiger partial charge on any atom is 0.272 e. The lowest BCUT2D eigenvalue weighted by Gasteiger charge is -2.31. The Morgan fingerprint density at radius 3 is 2.71 bits per heavy atom. The lowest BCUT2D eigenvalue weighted by molar-refractivity contribution is -0.143. The van der Waals surface area contributed by atoms with Gasteiger partial charge >= 0.3 is 0 Å². The zero-order valence-electron chi connectivity index (χ0n) is 16.7. The van der Waals surface area contributed by atoms with E-state index in [9.17, 15) is 9.18 Å². The Morgan fingerprint density at radius 2 is 1.97 bits per heavy atom. The van der Waals surface area contributed by atoms with Crippen molar-refractivity contribution in [2.75, 3.05) is 7.11 Å². The quantitative estimate of drug-likeness (QED) is 0.577. The summed E-state index contributed by atoms with van der Waals surface area (Å²) in [4.78, 5) is 24.5. The number of pyridine rings is 1. The first kappa shape index (κ1) is 20.8. The van der Waals surface area contributed by atoms with Crippen molar-refractivity contribution in [3.05, 3.63) is 94.5 Å². The number of carbonyl (C=O) groups is 1. The van der Waals surface area contributed by atoms with Gasteiger partial charge in [-0.25, -0.2) is 4.39 Å². The van der Waals surface area contributed by atoms with E-state index in [0.717, 1.165) is 5.56 Å². The van der Waals surface area contributed by atoms with Gasteiger partial charge in [0.2, 0.25) is 6.10 Å². The number of oxime groups is 1. The Bertz CT molecular complexity index is 1120. The Kier molecular flexibility index (Phi) is 6.13. The number of hydrogen-bond donors (Lipinski definition) is 0. The Balaban J connectivity index is 1.69. The van der Waals surface area contributed by atoms with Crippen LogP contribution in [-0.2, 0) is 22.6 Å². The minimum absolute atomic E-state index is 0.173. The van der Waals surface area contributed by atoms with Crippen LogP contribution in [0.4, 0.5) is 4.39 Å². The molecular weight excluding hydrogens is 421 g/mol. The van der Waals surface area contributed by atoms with Crippen LogP contribution in [0, 0.1) is 5.82 Å². The highest BCUT2D eigenvalue weighted by Gasteiger charge is 2.35. The molecule has 158 valence electrons. The van der Waals surface area contributed by atoms with E-state index in [2.05, 4.69) is 10.1 Å². The van der Waals surface area contributed by atoms with Gasteiger partial charge in [0.05, 0.1) is 13.7 Å². The first-order valence-electron chi connectivity index (χ1n) is 9.57. The molecule has 2 aromatic carbocycles. The number of nitrogens with zero attached hydrogens (tertiary/aromatic N) is 3. The van der Waals surface area contributed by atoms with Gasteiger partial charge in [0.15, 0.2) is 5.84 Å². The third kappa shape index (κ3) is 4.67. The van der Waals surface area contributed by atoms with Gasteiger partial charge < -0.3 is 9.57 Å². The smallest absolute Gasteiger partial charge is 0.272 e. The van der Waals surface area contributed by atoms with E-state index >= 15 is 0 Å². The normalized spacial score (nSPS) is 16.0. The molecule has 0 spiro atoms. The van der Waals surface area contributed by atoms with Crippen molar-refractivity contribution < 1.29 is 18.8 Å². The minimum atomic E-state index is -0.891. The van der Waals surface area contributed by atoms with E-state index in [4.69, 9.17) is 21.2 Å². The SMILES string of the molecule is COc1ccc(Cl)cc1CN1C(=O)C(Cc2cccc(F)c2)ON=C1c1ccncc1. The lowest BCUT2D eigenvalue weighted by Crippen LogP contribution is -2.48. The van der Waals surface area contributed by atoms with Gasteiger partial charge in [0.1, 0.15) is 11.6 Å². The summed E-state index contributed by atoms with van der Waals surface area (Å²) in [5.41, 5.74) is 2.03. The molecule has 3 aromatic rings. The van der Waals surface area contributed by atoms with Gasteiger partial charge in [-0.3, -0.25) is 14.7 Å². The summed E-state index contributed by atoms with van der Waals surface area (Å²) >= 11 is 6.17. The lowest BCUT2D eigenvalue weighted by atomic mass is 10.0. The van der Waals surface area contributed by atoms with E-state index in [-0.39, 0.29) is 24.7 Å². The summed E-state index contributed by atoms with van der Waals surface area (Å²) in [7, 11) is 1.55. The largest absolute Gasteiger partial charge is 0.496 e. The second-order valence-corrected chi connectivity index (χ2v) is 7.40. The molecule has 1 aliphatic rings. The van der Waals surface area contributed by atoms with E-state index < -0.39 is 6.10 Å². The fourth-order valence-corrected chi connectivity index (χ4v) is 3.59. The molecule has 31 heavy (non-hydrogen) atoms. The summed E-state index contributed by atoms with van der Waals surface area (Å²) in [5.74, 6) is 0.278. The van der Waals surface area contributed by atoms with E-state index in [1.165, 1.54) is 17.0 Å². The molecule has 1 amide bonds. The molecule has 0 aliphatic carbocycles. The molecule has 0 saturated carbocycles. The Hall–Kier alpha value is -3.45. The number of amides is 1. The number of carbonyl (C=O) groups excluding carboxylic acids is 1. The van der Waals surface area contributed by atoms with Gasteiger partial charge in [0, 0.05) is 35.0 Å². The second-order valence-electron chi connectivity index (χ2n) is 6.96. The second kappa shape index (κ2) is 9.14. The van der Waals surface area contributed by atoms with Crippen LogP contribution in [0.5, 0.6) is 5.75 Å². The van der Waals surface area contributed by atoms with Crippen LogP contribution >= 0.6 is 11.6 Å². The number of ether oxygens (including phenoxy) is 1. The minimum Gasteiger partial charge on any atom is -0.496 e. The van der Waals surface area contributed by atoms with Crippen LogP contribution in [0.2, 0.25) is 5.02 Å². The van der Waals surface area contributed by atoms with Crippen molar-refractivity contribution in [2.45, 2.75) is 19.1 Å². The number of halogens is 2. The molecule has 6 nitrogen and oxygen atoms in total. The molecule has 0 fully saturated rings. The van der Waals surface area contributed by atoms with E-state index in [0.29, 0.717) is 27.7 Å². The first-order valence-corrected chi connectivity index (χ1v) is 9.95. The standard InChI is InChI=1S/C23H19ClFN3O3/c1-30-20-6-5-18(24)13-17(20)14-28-22(16-7-9-26-10-8-16)27-31-21(23(28)29)12-15-3-2-4-19(25)11-15/h2-11,13,21H,12,14H2,1H3. The molecule has 1 aromatic heterocycles. The molecule has 1 atom stereocenters. The monoisotopic (exact) mass is 439 g/mol. The first-order chi connectivity index (χ1) is 15.0. The molecule has 4 rings (SSSR count). The van der Waals surface area contributed by atoms with Gasteiger partial charge in [0.25, 0.3) is 5.91 Å². The van der Waals surface area contributed by atoms with Crippen molar-refractivity contribution in [1.82, 2.24) is 9.88 Å². The van der Waals surface area contributed by atoms with Crippen LogP contribution < -0.4 is 4.74 Å². The van der Waals surface area contributed by atoms with Crippen LogP contribution in [0.15, 0.2) is 72.1 Å². The molecule has 1 aliphatic heterocycles. The summed E-state index contributed by atoms with van der Waals surface area (Å²) in [6, 6.07) is 14.8. The average molecular weight is 440 g/mol. The maximum atomic E-state index is 13.6. The Morgan fingerprint density at radius 1 is 1.16 bits per heavy atom. The highest BCUT2D eigenvalue weighted by atomic mass is 35.5. The zero-order valence-corrected chi connectivity index (χ0v) is 17.4. The molecule has 8 heteroatoms. The summed E-state index contributed by atoms with van der Waals surface area (Å²) in [6.45, 7) is 0.173. The number of hydrogen-bond acceptors (Lipinski definition) is 5. The summed E-state index contributed by atoms with van der Waals surface area (Å²) < 4.78 is 19.0. The molecule has 0 N–H and O–H groups in total. The summed E-state index contributed by atoms with van der Waals surface area (Å²) in [6.07, 6.45) is 2.52. The van der Waals surface area contributed by atoms with Crippen LogP contribution in [0.25, 0.3) is 0 Å². The molecule has 0 saturated heterocycles. The van der Waals surface area contributed by atoms with Crippen LogP contribution in [-0.4, -0.2) is 34.8 Å². The van der Waals surface area contributed by atoms with E-state index in [1.807, 2.05) is 0 Å². The van der Waals surface area contributed by atoms with Gasteiger partial charge in [-0.2, -0.15) is 0 Å².